The molecule has 0 aromatic heterocycles. The predicted octanol–water partition coefficient (Wildman–Crippen LogP) is 0.855. The minimum Gasteiger partial charge on any atom is -0.325 e. The summed E-state index contributed by atoms with van der Waals surface area (Å²) in [6.07, 6.45) is 0. The van der Waals surface area contributed by atoms with Gasteiger partial charge in [0.15, 0.2) is 0 Å². The van der Waals surface area contributed by atoms with E-state index in [0.29, 0.717) is 5.69 Å². The summed E-state index contributed by atoms with van der Waals surface area (Å²) in [6.45, 7) is 0.166. The van der Waals surface area contributed by atoms with Crippen molar-refractivity contribution in [1.29, 1.82) is 5.26 Å². The number of likely N-dealkylation sites (N-methyl/N-ethyl adjacent to an activating group) is 1. The van der Waals surface area contributed by atoms with Gasteiger partial charge in [-0.15, -0.1) is 0 Å². The lowest BCUT2D eigenvalue weighted by molar-refractivity contribution is -0.115. The average Bonchev–Trinajstić information content (AvgIpc) is 2.21. The van der Waals surface area contributed by atoms with Crippen molar-refractivity contribution in [2.45, 2.75) is 0 Å². The van der Waals surface area contributed by atoms with E-state index in [1.165, 1.54) is 12.1 Å². The monoisotopic (exact) mass is 207 g/mol. The molecule has 1 aromatic rings. The zero-order chi connectivity index (χ0) is 11.3. The van der Waals surface area contributed by atoms with Crippen LogP contribution in [0, 0.1) is 17.1 Å². The minimum absolute atomic E-state index is 0.0859. The number of halogens is 1. The van der Waals surface area contributed by atoms with Gasteiger partial charge in [-0.2, -0.15) is 5.26 Å². The molecule has 0 aliphatic carbocycles. The van der Waals surface area contributed by atoms with Crippen LogP contribution in [0.4, 0.5) is 10.1 Å². The maximum absolute atomic E-state index is 12.9. The Morgan fingerprint density at radius 3 is 2.93 bits per heavy atom. The van der Waals surface area contributed by atoms with Gasteiger partial charge in [-0.05, 0) is 25.2 Å². The summed E-state index contributed by atoms with van der Waals surface area (Å²) >= 11 is 0. The maximum Gasteiger partial charge on any atom is 0.238 e. The summed E-state index contributed by atoms with van der Waals surface area (Å²) in [5, 5.41) is 13.8. The highest BCUT2D eigenvalue weighted by molar-refractivity contribution is 5.92. The standard InChI is InChI=1S/C10H10FN3O/c1-13-6-10(15)14-8-2-3-9(11)7(4-8)5-12/h2-4,13H,6H2,1H3,(H,14,15). The Labute approximate surface area is 86.7 Å². The molecule has 78 valence electrons. The van der Waals surface area contributed by atoms with Crippen LogP contribution in [-0.4, -0.2) is 19.5 Å². The first-order chi connectivity index (χ1) is 7.17. The van der Waals surface area contributed by atoms with E-state index in [-0.39, 0.29) is 18.0 Å². The lowest BCUT2D eigenvalue weighted by Crippen LogP contribution is -2.25. The highest BCUT2D eigenvalue weighted by atomic mass is 19.1. The molecule has 4 nitrogen and oxygen atoms in total. The van der Waals surface area contributed by atoms with E-state index >= 15 is 0 Å². The summed E-state index contributed by atoms with van der Waals surface area (Å²) in [4.78, 5) is 11.1. The smallest absolute Gasteiger partial charge is 0.238 e. The first kappa shape index (κ1) is 11.1. The second-order valence-corrected chi connectivity index (χ2v) is 2.88. The van der Waals surface area contributed by atoms with Crippen molar-refractivity contribution in [2.24, 2.45) is 0 Å². The molecule has 0 fully saturated rings. The van der Waals surface area contributed by atoms with Gasteiger partial charge >= 0.3 is 0 Å². The van der Waals surface area contributed by atoms with Gasteiger partial charge in [-0.3, -0.25) is 4.79 Å². The van der Waals surface area contributed by atoms with Crippen LogP contribution in [-0.2, 0) is 4.79 Å². The van der Waals surface area contributed by atoms with Crippen LogP contribution in [0.25, 0.3) is 0 Å². The van der Waals surface area contributed by atoms with Crippen molar-refractivity contribution in [3.05, 3.63) is 29.6 Å². The Kier molecular flexibility index (Phi) is 3.77. The zero-order valence-corrected chi connectivity index (χ0v) is 8.17. The molecule has 1 rings (SSSR count). The van der Waals surface area contributed by atoms with Gasteiger partial charge < -0.3 is 10.6 Å². The van der Waals surface area contributed by atoms with Crippen LogP contribution in [0.2, 0.25) is 0 Å². The van der Waals surface area contributed by atoms with Crippen molar-refractivity contribution in [2.75, 3.05) is 18.9 Å². The van der Waals surface area contributed by atoms with E-state index in [9.17, 15) is 9.18 Å². The molecule has 1 amide bonds. The molecule has 0 heterocycles. The molecule has 0 saturated carbocycles. The van der Waals surface area contributed by atoms with Gasteiger partial charge in [0.05, 0.1) is 12.1 Å². The third-order valence-corrected chi connectivity index (χ3v) is 1.71. The summed E-state index contributed by atoms with van der Waals surface area (Å²) in [6, 6.07) is 5.55. The van der Waals surface area contributed by atoms with Crippen LogP contribution in [0.5, 0.6) is 0 Å². The second-order valence-electron chi connectivity index (χ2n) is 2.88. The van der Waals surface area contributed by atoms with Crippen molar-refractivity contribution in [3.63, 3.8) is 0 Å². The van der Waals surface area contributed by atoms with Crippen molar-refractivity contribution < 1.29 is 9.18 Å². The third kappa shape index (κ3) is 3.04. The number of nitrogens with zero attached hydrogens (tertiary/aromatic N) is 1. The zero-order valence-electron chi connectivity index (χ0n) is 8.17. The van der Waals surface area contributed by atoms with Crippen LogP contribution in [0.3, 0.4) is 0 Å². The Hall–Kier alpha value is -1.93. The molecule has 0 unspecified atom stereocenters. The second kappa shape index (κ2) is 5.08. The summed E-state index contributed by atoms with van der Waals surface area (Å²) < 4.78 is 12.9. The number of benzene rings is 1. The average molecular weight is 207 g/mol. The molecule has 1 aromatic carbocycles. The number of hydrogen-bond donors (Lipinski definition) is 2. The molecule has 2 N–H and O–H groups in total. The minimum atomic E-state index is -0.593. The molecule has 0 radical (unpaired) electrons. The molecular weight excluding hydrogens is 197 g/mol. The van der Waals surface area contributed by atoms with Crippen molar-refractivity contribution in [3.8, 4) is 6.07 Å². The lowest BCUT2D eigenvalue weighted by atomic mass is 10.2. The quantitative estimate of drug-likeness (QED) is 0.772. The van der Waals surface area contributed by atoms with E-state index in [1.807, 2.05) is 0 Å². The number of hydrogen-bond acceptors (Lipinski definition) is 3. The number of anilines is 1. The molecule has 0 aliphatic rings. The highest BCUT2D eigenvalue weighted by Crippen LogP contribution is 2.13. The Morgan fingerprint density at radius 1 is 1.60 bits per heavy atom. The van der Waals surface area contributed by atoms with Gasteiger partial charge in [0, 0.05) is 5.69 Å². The van der Waals surface area contributed by atoms with Crippen LogP contribution in [0.15, 0.2) is 18.2 Å². The van der Waals surface area contributed by atoms with Gasteiger partial charge in [-0.25, -0.2) is 4.39 Å². The van der Waals surface area contributed by atoms with Gasteiger partial charge in [0.1, 0.15) is 11.9 Å². The molecule has 0 spiro atoms. The van der Waals surface area contributed by atoms with Crippen molar-refractivity contribution >= 4 is 11.6 Å². The Morgan fingerprint density at radius 2 is 2.33 bits per heavy atom. The highest BCUT2D eigenvalue weighted by Gasteiger charge is 2.04. The SMILES string of the molecule is CNCC(=O)Nc1ccc(F)c(C#N)c1. The Bertz CT molecular complexity index is 412. The van der Waals surface area contributed by atoms with Gasteiger partial charge in [-0.1, -0.05) is 0 Å². The fourth-order valence-electron chi connectivity index (χ4n) is 1.05. The molecule has 15 heavy (non-hydrogen) atoms. The van der Waals surface area contributed by atoms with Crippen LogP contribution >= 0.6 is 0 Å². The summed E-state index contributed by atoms with van der Waals surface area (Å²) in [7, 11) is 1.64. The number of rotatable bonds is 3. The van der Waals surface area contributed by atoms with E-state index in [4.69, 9.17) is 5.26 Å². The van der Waals surface area contributed by atoms with E-state index < -0.39 is 5.82 Å². The molecule has 0 saturated heterocycles. The molecule has 0 atom stereocenters. The van der Waals surface area contributed by atoms with Gasteiger partial charge in [0.25, 0.3) is 0 Å². The normalized spacial score (nSPS) is 9.40. The third-order valence-electron chi connectivity index (χ3n) is 1.71. The molecular formula is C10H10FN3O. The van der Waals surface area contributed by atoms with Crippen LogP contribution < -0.4 is 10.6 Å². The number of nitriles is 1. The molecule has 0 bridgehead atoms. The first-order valence-electron chi connectivity index (χ1n) is 4.31. The largest absolute Gasteiger partial charge is 0.325 e. The fourth-order valence-corrected chi connectivity index (χ4v) is 1.05. The van der Waals surface area contributed by atoms with Gasteiger partial charge in [0.2, 0.25) is 5.91 Å². The number of nitrogens with one attached hydrogen (secondary N) is 2. The molecule has 5 heteroatoms. The predicted molar refractivity (Wildman–Crippen MR) is 53.7 cm³/mol. The number of carbonyl (C=O) groups is 1. The van der Waals surface area contributed by atoms with E-state index in [0.717, 1.165) is 6.07 Å². The summed E-state index contributed by atoms with van der Waals surface area (Å²) in [5.74, 6) is -0.836. The first-order valence-corrected chi connectivity index (χ1v) is 4.31. The number of amides is 1. The number of carbonyl (C=O) groups excluding carboxylic acids is 1. The molecule has 0 aliphatic heterocycles. The van der Waals surface area contributed by atoms with Crippen molar-refractivity contribution in [1.82, 2.24) is 5.32 Å². The van der Waals surface area contributed by atoms with E-state index in [1.54, 1.807) is 13.1 Å². The van der Waals surface area contributed by atoms with E-state index in [2.05, 4.69) is 10.6 Å². The summed E-state index contributed by atoms with van der Waals surface area (Å²) in [5.41, 5.74) is 0.324. The maximum atomic E-state index is 12.9. The fraction of sp³-hybridized carbons (Fsp3) is 0.200. The topological polar surface area (TPSA) is 64.9 Å². The Balaban J connectivity index is 2.80. The van der Waals surface area contributed by atoms with Crippen LogP contribution in [0.1, 0.15) is 5.56 Å². The lowest BCUT2D eigenvalue weighted by Gasteiger charge is -2.04.